The summed E-state index contributed by atoms with van der Waals surface area (Å²) >= 11 is 0. The van der Waals surface area contributed by atoms with Gasteiger partial charge < -0.3 is 50.2 Å². The van der Waals surface area contributed by atoms with E-state index in [0.717, 1.165) is 6.08 Å². The fraction of sp³-hybridized carbons (Fsp3) is 0.778. The molecule has 1 amide bonds. The van der Waals surface area contributed by atoms with Gasteiger partial charge in [-0.25, -0.2) is 4.79 Å². The Morgan fingerprint density at radius 1 is 1.10 bits per heavy atom. The molecule has 7 N–H and O–H groups in total. The molecule has 3 unspecified atom stereocenters. The van der Waals surface area contributed by atoms with Crippen molar-refractivity contribution in [2.75, 3.05) is 19.8 Å². The van der Waals surface area contributed by atoms with Gasteiger partial charge in [-0.3, -0.25) is 4.79 Å². The second kappa shape index (κ2) is 11.0. The molecule has 0 aromatic rings. The van der Waals surface area contributed by atoms with Gasteiger partial charge in [0.1, 0.15) is 24.4 Å². The molecule has 1 saturated heterocycles. The molecule has 0 saturated carbocycles. The van der Waals surface area contributed by atoms with E-state index in [1.807, 2.05) is 0 Å². The van der Waals surface area contributed by atoms with Gasteiger partial charge in [-0.05, 0) is 12.5 Å². The van der Waals surface area contributed by atoms with Gasteiger partial charge in [0.15, 0.2) is 6.29 Å². The molecule has 12 nitrogen and oxygen atoms in total. The monoisotopic (exact) mass is 435 g/mol. The molecule has 0 bridgehead atoms. The maximum atomic E-state index is 11.3. The van der Waals surface area contributed by atoms with Crippen molar-refractivity contribution in [2.24, 2.45) is 5.92 Å². The summed E-state index contributed by atoms with van der Waals surface area (Å²) in [6.45, 7) is 0.958. The average Bonchev–Trinajstić information content (AvgIpc) is 2.68. The molecule has 0 aromatic heterocycles. The van der Waals surface area contributed by atoms with Gasteiger partial charge in [0.25, 0.3) is 0 Å². The van der Waals surface area contributed by atoms with Gasteiger partial charge in [-0.2, -0.15) is 0 Å². The lowest BCUT2D eigenvalue weighted by Gasteiger charge is -2.42. The second-order valence-electron chi connectivity index (χ2n) is 7.29. The number of rotatable bonds is 9. The largest absolute Gasteiger partial charge is 0.480 e. The summed E-state index contributed by atoms with van der Waals surface area (Å²) in [7, 11) is 0. The van der Waals surface area contributed by atoms with Gasteiger partial charge >= 0.3 is 5.97 Å². The third-order valence-corrected chi connectivity index (χ3v) is 5.14. The van der Waals surface area contributed by atoms with Crippen molar-refractivity contribution < 1.29 is 54.4 Å². The first-order valence-electron chi connectivity index (χ1n) is 9.60. The van der Waals surface area contributed by atoms with Gasteiger partial charge in [0, 0.05) is 25.9 Å². The summed E-state index contributed by atoms with van der Waals surface area (Å²) in [5.74, 6) is -2.89. The molecule has 1 fully saturated rings. The van der Waals surface area contributed by atoms with E-state index in [4.69, 9.17) is 19.3 Å². The maximum absolute atomic E-state index is 11.3. The Morgan fingerprint density at radius 3 is 2.37 bits per heavy atom. The van der Waals surface area contributed by atoms with Crippen molar-refractivity contribution in [2.45, 2.75) is 62.6 Å². The number of carboxylic acids is 1. The van der Waals surface area contributed by atoms with E-state index in [2.05, 4.69) is 5.32 Å². The highest BCUT2D eigenvalue weighted by atomic mass is 16.6. The number of carbonyl (C=O) groups is 2. The number of carboxylic acid groups (broad SMARTS) is 1. The normalized spacial score (nSPS) is 36.5. The van der Waals surface area contributed by atoms with Crippen molar-refractivity contribution >= 4 is 11.9 Å². The average molecular weight is 435 g/mol. The lowest BCUT2D eigenvalue weighted by molar-refractivity contribution is -0.240. The zero-order valence-corrected chi connectivity index (χ0v) is 16.5. The first kappa shape index (κ1) is 24.5. The van der Waals surface area contributed by atoms with Crippen LogP contribution in [0, 0.1) is 5.92 Å². The minimum absolute atomic E-state index is 0.0621. The number of carbonyl (C=O) groups excluding carboxylic acids is 1. The fourth-order valence-corrected chi connectivity index (χ4v) is 3.56. The van der Waals surface area contributed by atoms with Gasteiger partial charge in [-0.15, -0.1) is 0 Å². The quantitative estimate of drug-likeness (QED) is 0.183. The molecule has 12 heteroatoms. The van der Waals surface area contributed by atoms with Crippen LogP contribution in [0.25, 0.3) is 0 Å². The van der Waals surface area contributed by atoms with E-state index >= 15 is 0 Å². The number of amides is 1. The molecule has 2 rings (SSSR count). The summed E-state index contributed by atoms with van der Waals surface area (Å²) < 4.78 is 15.9. The van der Waals surface area contributed by atoms with Crippen LogP contribution in [0.2, 0.25) is 0 Å². The van der Waals surface area contributed by atoms with E-state index in [0.29, 0.717) is 0 Å². The van der Waals surface area contributed by atoms with E-state index in [-0.39, 0.29) is 26.1 Å². The molecule has 0 aromatic carbocycles. The molecule has 2 aliphatic rings. The molecule has 0 radical (unpaired) electrons. The number of nitrogens with one attached hydrogen (secondary N) is 1. The third-order valence-electron chi connectivity index (χ3n) is 5.14. The third kappa shape index (κ3) is 6.11. The molecule has 2 heterocycles. The number of aliphatic hydroxyl groups excluding tert-OH is 5. The van der Waals surface area contributed by atoms with E-state index in [9.17, 15) is 35.1 Å². The first-order chi connectivity index (χ1) is 14.1. The summed E-state index contributed by atoms with van der Waals surface area (Å²) in [5.41, 5.74) is 0. The Balaban J connectivity index is 1.82. The van der Waals surface area contributed by atoms with Crippen molar-refractivity contribution in [3.8, 4) is 0 Å². The highest BCUT2D eigenvalue weighted by Crippen LogP contribution is 2.28. The van der Waals surface area contributed by atoms with E-state index < -0.39 is 73.0 Å². The lowest BCUT2D eigenvalue weighted by Crippen LogP contribution is -2.61. The number of hydrogen-bond acceptors (Lipinski definition) is 10. The van der Waals surface area contributed by atoms with Gasteiger partial charge in [0.2, 0.25) is 11.7 Å². The van der Waals surface area contributed by atoms with Crippen LogP contribution >= 0.6 is 0 Å². The zero-order valence-electron chi connectivity index (χ0n) is 16.5. The molecule has 0 spiro atoms. The molecule has 2 aliphatic heterocycles. The predicted molar refractivity (Wildman–Crippen MR) is 97.7 cm³/mol. The Bertz CT molecular complexity index is 627. The van der Waals surface area contributed by atoms with Crippen LogP contribution in [0.1, 0.15) is 19.8 Å². The maximum Gasteiger partial charge on any atom is 0.370 e. The van der Waals surface area contributed by atoms with Crippen molar-refractivity contribution in [1.82, 2.24) is 5.32 Å². The predicted octanol–water partition coefficient (Wildman–Crippen LogP) is -2.94. The fourth-order valence-electron chi connectivity index (χ4n) is 3.56. The standard InChI is InChI=1S/C18H29NO11/c1-8(21)19-14-15(23)9(13(7-20)30-18(14)27)2-4-28-5-3-11-16(24)10(22)6-12(29-11)17(25)26/h6,9-11,13-16,18,20,22-24,27H,2-5,7H2,1H3,(H,19,21)(H,25,26)/t9-,10-,11+,13?,14?,15-,16?,18-/m1/s1. The Hall–Kier alpha value is -1.80. The number of hydrogen-bond donors (Lipinski definition) is 7. The Morgan fingerprint density at radius 2 is 1.77 bits per heavy atom. The van der Waals surface area contributed by atoms with Crippen molar-refractivity contribution in [1.29, 1.82) is 0 Å². The number of aliphatic carboxylic acids is 1. The molecular formula is C18H29NO11. The summed E-state index contributed by atoms with van der Waals surface area (Å²) in [6, 6.07) is -1.05. The molecule has 172 valence electrons. The second-order valence-corrected chi connectivity index (χ2v) is 7.29. The Labute approximate surface area is 172 Å². The number of ether oxygens (including phenoxy) is 3. The topological polar surface area (TPSA) is 195 Å². The van der Waals surface area contributed by atoms with Crippen molar-refractivity contribution in [3.05, 3.63) is 11.8 Å². The van der Waals surface area contributed by atoms with Crippen LogP contribution < -0.4 is 5.32 Å². The molecule has 8 atom stereocenters. The smallest absolute Gasteiger partial charge is 0.370 e. The minimum atomic E-state index is -1.47. The SMILES string of the molecule is CC(=O)NC1[C@H](O)OC(CO)[C@@H](CCOCC[C@@H]2OC(C(=O)O)=C[C@@H](O)C2O)[C@H]1O. The summed E-state index contributed by atoms with van der Waals surface area (Å²) in [5, 5.41) is 60.9. The van der Waals surface area contributed by atoms with Gasteiger partial charge in [-0.1, -0.05) is 0 Å². The Kier molecular flexibility index (Phi) is 8.97. The van der Waals surface area contributed by atoms with Crippen molar-refractivity contribution in [3.63, 3.8) is 0 Å². The number of aliphatic hydroxyl groups is 5. The lowest BCUT2D eigenvalue weighted by atomic mass is 9.85. The first-order valence-corrected chi connectivity index (χ1v) is 9.60. The summed E-state index contributed by atoms with van der Waals surface area (Å²) in [4.78, 5) is 22.3. The minimum Gasteiger partial charge on any atom is -0.480 e. The van der Waals surface area contributed by atoms with E-state index in [1.54, 1.807) is 0 Å². The van der Waals surface area contributed by atoms with Crippen LogP contribution in [0.4, 0.5) is 0 Å². The highest BCUT2D eigenvalue weighted by molar-refractivity contribution is 5.84. The van der Waals surface area contributed by atoms with Crippen LogP contribution in [-0.4, -0.2) is 105 Å². The van der Waals surface area contributed by atoms with Crippen LogP contribution in [0.3, 0.4) is 0 Å². The van der Waals surface area contributed by atoms with Crippen LogP contribution in [-0.2, 0) is 23.8 Å². The van der Waals surface area contributed by atoms with E-state index in [1.165, 1.54) is 6.92 Å². The zero-order chi connectivity index (χ0) is 22.4. The molecule has 30 heavy (non-hydrogen) atoms. The van der Waals surface area contributed by atoms with Gasteiger partial charge in [0.05, 0.1) is 25.4 Å². The summed E-state index contributed by atoms with van der Waals surface area (Å²) in [6.07, 6.45) is -5.89. The van der Waals surface area contributed by atoms with Crippen LogP contribution in [0.15, 0.2) is 11.8 Å². The highest BCUT2D eigenvalue weighted by Gasteiger charge is 2.44. The molecule has 0 aliphatic carbocycles. The van der Waals surface area contributed by atoms with Crippen LogP contribution in [0.5, 0.6) is 0 Å². The molecular weight excluding hydrogens is 406 g/mol.